The van der Waals surface area contributed by atoms with Crippen molar-refractivity contribution in [2.45, 2.75) is 39.1 Å². The Kier molecular flexibility index (Phi) is 6.37. The van der Waals surface area contributed by atoms with Crippen LogP contribution in [-0.4, -0.2) is 34.7 Å². The fourth-order valence-electron chi connectivity index (χ4n) is 3.64. The highest BCUT2D eigenvalue weighted by molar-refractivity contribution is 7.99. The molecule has 6 heteroatoms. The first-order valence-corrected chi connectivity index (χ1v) is 10.5. The first-order chi connectivity index (χ1) is 12.9. The number of carbonyl (C=O) groups is 1. The van der Waals surface area contributed by atoms with Gasteiger partial charge in [0.15, 0.2) is 0 Å². The third-order valence-electron chi connectivity index (χ3n) is 5.05. The van der Waals surface area contributed by atoms with Gasteiger partial charge in [-0.1, -0.05) is 37.7 Å². The lowest BCUT2D eigenvalue weighted by Crippen LogP contribution is -2.39. The molecule has 1 aromatic heterocycles. The van der Waals surface area contributed by atoms with E-state index in [1.165, 1.54) is 23.7 Å². The van der Waals surface area contributed by atoms with Gasteiger partial charge < -0.3 is 10.2 Å². The predicted octanol–water partition coefficient (Wildman–Crippen LogP) is 4.31. The lowest BCUT2D eigenvalue weighted by atomic mass is 9.92. The first kappa shape index (κ1) is 19.7. The molecule has 2 atom stereocenters. The summed E-state index contributed by atoms with van der Waals surface area (Å²) in [7, 11) is 0. The van der Waals surface area contributed by atoms with Gasteiger partial charge in [-0.3, -0.25) is 4.79 Å². The highest BCUT2D eigenvalue weighted by Gasteiger charge is 2.23. The fourth-order valence-corrected chi connectivity index (χ4v) is 4.31. The number of thioether (sulfide) groups is 1. The van der Waals surface area contributed by atoms with Crippen molar-refractivity contribution in [3.63, 3.8) is 0 Å². The lowest BCUT2D eigenvalue weighted by Gasteiger charge is -2.35. The topological polar surface area (TPSA) is 58.1 Å². The number of benzene rings is 1. The molecule has 0 saturated carbocycles. The van der Waals surface area contributed by atoms with Gasteiger partial charge in [0.25, 0.3) is 0 Å². The zero-order chi connectivity index (χ0) is 19.4. The van der Waals surface area contributed by atoms with E-state index in [1.54, 1.807) is 6.33 Å². The van der Waals surface area contributed by atoms with E-state index >= 15 is 0 Å². The molecule has 1 amide bonds. The lowest BCUT2D eigenvalue weighted by molar-refractivity contribution is -0.113. The summed E-state index contributed by atoms with van der Waals surface area (Å²) in [6.07, 6.45) is 2.87. The van der Waals surface area contributed by atoms with Crippen LogP contribution in [0, 0.1) is 25.7 Å². The Hall–Kier alpha value is -2.08. The molecular formula is C21H28N4OS. The Morgan fingerprint density at radius 2 is 1.96 bits per heavy atom. The summed E-state index contributed by atoms with van der Waals surface area (Å²) < 4.78 is 0. The maximum absolute atomic E-state index is 12.3. The second-order valence-corrected chi connectivity index (χ2v) is 8.65. The summed E-state index contributed by atoms with van der Waals surface area (Å²) in [5, 5.41) is 3.83. The van der Waals surface area contributed by atoms with Gasteiger partial charge in [0.05, 0.1) is 5.75 Å². The van der Waals surface area contributed by atoms with E-state index in [4.69, 9.17) is 0 Å². The number of anilines is 2. The standard InChI is InChI=1S/C21H28N4OS/c1-14-8-15(2)11-25(10-14)19-9-21(23-13-22-19)27-12-20(26)24-18-7-5-6-16(3)17(18)4/h5-7,9,13-15H,8,10-12H2,1-4H3,(H,24,26)/t14-,15+. The van der Waals surface area contributed by atoms with Gasteiger partial charge in [-0.05, 0) is 49.3 Å². The van der Waals surface area contributed by atoms with Crippen LogP contribution in [0.2, 0.25) is 0 Å². The van der Waals surface area contributed by atoms with E-state index in [-0.39, 0.29) is 5.91 Å². The van der Waals surface area contributed by atoms with Gasteiger partial charge in [0.1, 0.15) is 17.2 Å². The molecule has 1 fully saturated rings. The Balaban J connectivity index is 1.59. The molecule has 0 radical (unpaired) electrons. The monoisotopic (exact) mass is 384 g/mol. The Bertz CT molecular complexity index is 801. The van der Waals surface area contributed by atoms with Crippen LogP contribution in [0.25, 0.3) is 0 Å². The van der Waals surface area contributed by atoms with Crippen LogP contribution >= 0.6 is 11.8 Å². The number of amides is 1. The molecule has 0 bridgehead atoms. The van der Waals surface area contributed by atoms with Crippen molar-refractivity contribution in [1.82, 2.24) is 9.97 Å². The second-order valence-electron chi connectivity index (χ2n) is 7.65. The molecule has 1 aromatic carbocycles. The molecule has 1 saturated heterocycles. The summed E-state index contributed by atoms with van der Waals surface area (Å²) >= 11 is 1.45. The van der Waals surface area contributed by atoms with Crippen molar-refractivity contribution in [1.29, 1.82) is 0 Å². The number of aromatic nitrogens is 2. The maximum atomic E-state index is 12.3. The average molecular weight is 385 g/mol. The Morgan fingerprint density at radius 3 is 2.70 bits per heavy atom. The fraction of sp³-hybridized carbons (Fsp3) is 0.476. The number of piperidine rings is 1. The van der Waals surface area contributed by atoms with Gasteiger partial charge in [-0.25, -0.2) is 9.97 Å². The first-order valence-electron chi connectivity index (χ1n) is 9.48. The number of aryl methyl sites for hydroxylation is 1. The van der Waals surface area contributed by atoms with E-state index < -0.39 is 0 Å². The second kappa shape index (κ2) is 8.74. The molecule has 1 N–H and O–H groups in total. The number of hydrogen-bond acceptors (Lipinski definition) is 5. The van der Waals surface area contributed by atoms with Crippen molar-refractivity contribution in [2.75, 3.05) is 29.1 Å². The Labute approximate surface area is 166 Å². The molecule has 2 heterocycles. The van der Waals surface area contributed by atoms with Crippen molar-refractivity contribution >= 4 is 29.2 Å². The van der Waals surface area contributed by atoms with Gasteiger partial charge >= 0.3 is 0 Å². The molecule has 0 unspecified atom stereocenters. The number of nitrogens with one attached hydrogen (secondary N) is 1. The predicted molar refractivity (Wildman–Crippen MR) is 112 cm³/mol. The van der Waals surface area contributed by atoms with Crippen LogP contribution in [0.1, 0.15) is 31.4 Å². The number of nitrogens with zero attached hydrogens (tertiary/aromatic N) is 3. The summed E-state index contributed by atoms with van der Waals surface area (Å²) in [4.78, 5) is 23.4. The van der Waals surface area contributed by atoms with Gasteiger partial charge in [0, 0.05) is 24.8 Å². The largest absolute Gasteiger partial charge is 0.356 e. The minimum atomic E-state index is -0.0194. The van der Waals surface area contributed by atoms with Crippen LogP contribution in [-0.2, 0) is 4.79 Å². The average Bonchev–Trinajstić information content (AvgIpc) is 2.63. The van der Waals surface area contributed by atoms with Crippen LogP contribution in [0.4, 0.5) is 11.5 Å². The van der Waals surface area contributed by atoms with Crippen molar-refractivity contribution in [2.24, 2.45) is 11.8 Å². The molecule has 144 valence electrons. The highest BCUT2D eigenvalue weighted by atomic mass is 32.2. The summed E-state index contributed by atoms with van der Waals surface area (Å²) in [5.41, 5.74) is 3.15. The van der Waals surface area contributed by atoms with Crippen LogP contribution < -0.4 is 10.2 Å². The van der Waals surface area contributed by atoms with E-state index in [9.17, 15) is 4.79 Å². The molecule has 3 rings (SSSR count). The minimum Gasteiger partial charge on any atom is -0.356 e. The molecule has 5 nitrogen and oxygen atoms in total. The quantitative estimate of drug-likeness (QED) is 0.615. The summed E-state index contributed by atoms with van der Waals surface area (Å²) in [6, 6.07) is 7.94. The van der Waals surface area contributed by atoms with Gasteiger partial charge in [-0.15, -0.1) is 0 Å². The van der Waals surface area contributed by atoms with Crippen molar-refractivity contribution < 1.29 is 4.79 Å². The molecule has 1 aliphatic heterocycles. The number of hydrogen-bond donors (Lipinski definition) is 1. The van der Waals surface area contributed by atoms with Gasteiger partial charge in [-0.2, -0.15) is 0 Å². The zero-order valence-electron chi connectivity index (χ0n) is 16.5. The summed E-state index contributed by atoms with van der Waals surface area (Å²) in [5.74, 6) is 2.61. The van der Waals surface area contributed by atoms with E-state index in [1.807, 2.05) is 38.1 Å². The molecule has 27 heavy (non-hydrogen) atoms. The summed E-state index contributed by atoms with van der Waals surface area (Å²) in [6.45, 7) is 10.7. The number of rotatable bonds is 5. The SMILES string of the molecule is Cc1cccc(NC(=O)CSc2cc(N3C[C@H](C)C[C@H](C)C3)ncn2)c1C. The normalized spacial score (nSPS) is 19.8. The van der Waals surface area contributed by atoms with Crippen LogP contribution in [0.5, 0.6) is 0 Å². The van der Waals surface area contributed by atoms with Gasteiger partial charge in [0.2, 0.25) is 5.91 Å². The highest BCUT2D eigenvalue weighted by Crippen LogP contribution is 2.27. The Morgan fingerprint density at radius 1 is 1.22 bits per heavy atom. The van der Waals surface area contributed by atoms with Crippen molar-refractivity contribution in [3.8, 4) is 0 Å². The molecular weight excluding hydrogens is 356 g/mol. The smallest absolute Gasteiger partial charge is 0.234 e. The molecule has 0 spiro atoms. The maximum Gasteiger partial charge on any atom is 0.234 e. The third kappa shape index (κ3) is 5.22. The third-order valence-corrected chi connectivity index (χ3v) is 5.98. The number of carbonyl (C=O) groups excluding carboxylic acids is 1. The van der Waals surface area contributed by atoms with Crippen LogP contribution in [0.3, 0.4) is 0 Å². The van der Waals surface area contributed by atoms with E-state index in [0.29, 0.717) is 17.6 Å². The molecule has 1 aliphatic rings. The van der Waals surface area contributed by atoms with Crippen LogP contribution in [0.15, 0.2) is 35.6 Å². The zero-order valence-corrected chi connectivity index (χ0v) is 17.3. The molecule has 2 aromatic rings. The van der Waals surface area contributed by atoms with E-state index in [2.05, 4.69) is 34.0 Å². The molecule has 0 aliphatic carbocycles. The van der Waals surface area contributed by atoms with E-state index in [0.717, 1.165) is 35.2 Å². The van der Waals surface area contributed by atoms with Crippen molar-refractivity contribution in [3.05, 3.63) is 41.7 Å². The minimum absolute atomic E-state index is 0.0194.